The molecule has 1 aliphatic heterocycles. The van der Waals surface area contributed by atoms with E-state index in [9.17, 15) is 4.79 Å². The number of aryl methyl sites for hydroxylation is 1. The highest BCUT2D eigenvalue weighted by molar-refractivity contribution is 7.10. The number of hydrogen-bond donors (Lipinski definition) is 0. The highest BCUT2D eigenvalue weighted by Gasteiger charge is 2.24. The highest BCUT2D eigenvalue weighted by Crippen LogP contribution is 2.17. The van der Waals surface area contributed by atoms with Crippen molar-refractivity contribution in [2.24, 2.45) is 0 Å². The quantitative estimate of drug-likeness (QED) is 0.809. The maximum Gasteiger partial charge on any atom is 0.246 e. The van der Waals surface area contributed by atoms with Crippen LogP contribution in [0.3, 0.4) is 0 Å². The minimum atomic E-state index is -0.0165. The Morgan fingerprint density at radius 3 is 3.17 bits per heavy atom. The van der Waals surface area contributed by atoms with Crippen LogP contribution in [-0.2, 0) is 4.79 Å². The minimum Gasteiger partial charge on any atom is -0.472 e. The van der Waals surface area contributed by atoms with Crippen LogP contribution in [0.5, 0.6) is 5.88 Å². The second-order valence-electron chi connectivity index (χ2n) is 5.46. The lowest BCUT2D eigenvalue weighted by molar-refractivity contribution is -0.128. The summed E-state index contributed by atoms with van der Waals surface area (Å²) < 4.78 is 5.90. The van der Waals surface area contributed by atoms with Crippen LogP contribution in [-0.4, -0.2) is 40.0 Å². The summed E-state index contributed by atoms with van der Waals surface area (Å²) in [5.41, 5.74) is 0. The molecule has 0 aromatic carbocycles. The number of rotatable bonds is 4. The van der Waals surface area contributed by atoms with E-state index in [1.54, 1.807) is 29.7 Å². The molecule has 0 aliphatic carbocycles. The Bertz CT molecular complexity index is 685. The maximum atomic E-state index is 12.3. The SMILES string of the molecule is Cc1nccc(OC2CCCN(C(=O)/C=C/c3cccs3)C2)n1. The van der Waals surface area contributed by atoms with Crippen molar-refractivity contribution < 1.29 is 9.53 Å². The van der Waals surface area contributed by atoms with Crippen molar-refractivity contribution in [3.63, 3.8) is 0 Å². The summed E-state index contributed by atoms with van der Waals surface area (Å²) in [4.78, 5) is 23.5. The second-order valence-corrected chi connectivity index (χ2v) is 6.44. The number of carbonyl (C=O) groups excluding carboxylic acids is 1. The zero-order valence-corrected chi connectivity index (χ0v) is 13.8. The molecule has 6 heteroatoms. The number of ether oxygens (including phenoxy) is 1. The second kappa shape index (κ2) is 7.37. The van der Waals surface area contributed by atoms with E-state index in [1.807, 2.05) is 35.4 Å². The fourth-order valence-electron chi connectivity index (χ4n) is 2.55. The van der Waals surface area contributed by atoms with E-state index >= 15 is 0 Å². The zero-order chi connectivity index (χ0) is 16.1. The Labute approximate surface area is 139 Å². The molecular weight excluding hydrogens is 310 g/mol. The molecule has 1 fully saturated rings. The van der Waals surface area contributed by atoms with Gasteiger partial charge in [0.15, 0.2) is 0 Å². The molecule has 1 saturated heterocycles. The van der Waals surface area contributed by atoms with Crippen LogP contribution >= 0.6 is 11.3 Å². The van der Waals surface area contributed by atoms with Gasteiger partial charge in [-0.25, -0.2) is 4.98 Å². The van der Waals surface area contributed by atoms with Crippen molar-refractivity contribution in [1.82, 2.24) is 14.9 Å². The summed E-state index contributed by atoms with van der Waals surface area (Å²) in [5.74, 6) is 1.29. The van der Waals surface area contributed by atoms with Crippen molar-refractivity contribution in [3.8, 4) is 5.88 Å². The van der Waals surface area contributed by atoms with Crippen LogP contribution in [0.2, 0.25) is 0 Å². The smallest absolute Gasteiger partial charge is 0.246 e. The van der Waals surface area contributed by atoms with Crippen LogP contribution in [0.25, 0.3) is 6.08 Å². The summed E-state index contributed by atoms with van der Waals surface area (Å²) >= 11 is 1.62. The molecule has 1 atom stereocenters. The molecular formula is C17H19N3O2S. The third-order valence-electron chi connectivity index (χ3n) is 3.66. The number of piperidine rings is 1. The Balaban J connectivity index is 1.58. The Kier molecular flexibility index (Phi) is 5.02. The lowest BCUT2D eigenvalue weighted by Crippen LogP contribution is -2.43. The van der Waals surface area contributed by atoms with Gasteiger partial charge in [0.25, 0.3) is 0 Å². The fourth-order valence-corrected chi connectivity index (χ4v) is 3.17. The first kappa shape index (κ1) is 15.7. The molecule has 1 aliphatic rings. The van der Waals surface area contributed by atoms with Crippen LogP contribution in [0.1, 0.15) is 23.5 Å². The Morgan fingerprint density at radius 1 is 1.48 bits per heavy atom. The van der Waals surface area contributed by atoms with E-state index in [0.29, 0.717) is 18.2 Å². The average molecular weight is 329 g/mol. The molecule has 2 aromatic heterocycles. The van der Waals surface area contributed by atoms with E-state index in [0.717, 1.165) is 24.3 Å². The first-order valence-corrected chi connectivity index (χ1v) is 8.55. The van der Waals surface area contributed by atoms with E-state index in [1.165, 1.54) is 0 Å². The molecule has 3 heterocycles. The molecule has 120 valence electrons. The molecule has 0 N–H and O–H groups in total. The van der Waals surface area contributed by atoms with E-state index < -0.39 is 0 Å². The third-order valence-corrected chi connectivity index (χ3v) is 4.50. The summed E-state index contributed by atoms with van der Waals surface area (Å²) in [5, 5.41) is 2.00. The first-order chi connectivity index (χ1) is 11.2. The van der Waals surface area contributed by atoms with Gasteiger partial charge < -0.3 is 9.64 Å². The van der Waals surface area contributed by atoms with Gasteiger partial charge in [-0.1, -0.05) is 6.07 Å². The van der Waals surface area contributed by atoms with Crippen molar-refractivity contribution in [3.05, 3.63) is 46.6 Å². The van der Waals surface area contributed by atoms with Crippen molar-refractivity contribution in [2.45, 2.75) is 25.9 Å². The van der Waals surface area contributed by atoms with Gasteiger partial charge in [-0.15, -0.1) is 11.3 Å². The zero-order valence-electron chi connectivity index (χ0n) is 13.0. The van der Waals surface area contributed by atoms with Crippen LogP contribution < -0.4 is 4.74 Å². The van der Waals surface area contributed by atoms with Crippen LogP contribution in [0.4, 0.5) is 0 Å². The molecule has 23 heavy (non-hydrogen) atoms. The first-order valence-electron chi connectivity index (χ1n) is 7.67. The molecule has 2 aromatic rings. The molecule has 0 radical (unpaired) electrons. The lowest BCUT2D eigenvalue weighted by atomic mass is 10.1. The summed E-state index contributed by atoms with van der Waals surface area (Å²) in [6.45, 7) is 3.20. The van der Waals surface area contributed by atoms with Gasteiger partial charge in [-0.05, 0) is 37.3 Å². The third kappa shape index (κ3) is 4.39. The number of carbonyl (C=O) groups is 1. The largest absolute Gasteiger partial charge is 0.472 e. The van der Waals surface area contributed by atoms with Crippen molar-refractivity contribution in [1.29, 1.82) is 0 Å². The van der Waals surface area contributed by atoms with E-state index in [-0.39, 0.29) is 12.0 Å². The molecule has 3 rings (SSSR count). The molecule has 5 nitrogen and oxygen atoms in total. The number of aromatic nitrogens is 2. The fraction of sp³-hybridized carbons (Fsp3) is 0.353. The lowest BCUT2D eigenvalue weighted by Gasteiger charge is -2.32. The van der Waals surface area contributed by atoms with Crippen molar-refractivity contribution in [2.75, 3.05) is 13.1 Å². The van der Waals surface area contributed by atoms with Gasteiger partial charge in [-0.2, -0.15) is 4.98 Å². The van der Waals surface area contributed by atoms with Crippen LogP contribution in [0, 0.1) is 6.92 Å². The minimum absolute atomic E-state index is 0.0165. The molecule has 0 bridgehead atoms. The van der Waals surface area contributed by atoms with Gasteiger partial charge in [0, 0.05) is 29.8 Å². The number of thiophene rings is 1. The number of hydrogen-bond acceptors (Lipinski definition) is 5. The Morgan fingerprint density at radius 2 is 2.39 bits per heavy atom. The van der Waals surface area contributed by atoms with Gasteiger partial charge in [0.1, 0.15) is 11.9 Å². The van der Waals surface area contributed by atoms with Gasteiger partial charge in [0.05, 0.1) is 6.54 Å². The number of amides is 1. The van der Waals surface area contributed by atoms with Gasteiger partial charge >= 0.3 is 0 Å². The van der Waals surface area contributed by atoms with E-state index in [2.05, 4.69) is 9.97 Å². The molecule has 0 spiro atoms. The average Bonchev–Trinajstić information content (AvgIpc) is 3.06. The summed E-state index contributed by atoms with van der Waals surface area (Å²) in [6, 6.07) is 5.72. The standard InChI is InChI=1S/C17H19N3O2S/c1-13-18-9-8-16(19-13)22-14-4-2-10-20(12-14)17(21)7-6-15-5-3-11-23-15/h3,5-9,11,14H,2,4,10,12H2,1H3/b7-6+. The molecule has 1 unspecified atom stereocenters. The summed E-state index contributed by atoms with van der Waals surface area (Å²) in [7, 11) is 0. The highest BCUT2D eigenvalue weighted by atomic mass is 32.1. The van der Waals surface area contributed by atoms with Crippen LogP contribution in [0.15, 0.2) is 35.9 Å². The number of likely N-dealkylation sites (tertiary alicyclic amines) is 1. The normalized spacial score (nSPS) is 18.3. The predicted octanol–water partition coefficient (Wildman–Crippen LogP) is 2.93. The van der Waals surface area contributed by atoms with Gasteiger partial charge in [0.2, 0.25) is 11.8 Å². The maximum absolute atomic E-state index is 12.3. The Hall–Kier alpha value is -2.21. The monoisotopic (exact) mass is 329 g/mol. The predicted molar refractivity (Wildman–Crippen MR) is 90.4 cm³/mol. The van der Waals surface area contributed by atoms with E-state index in [4.69, 9.17) is 4.74 Å². The van der Waals surface area contributed by atoms with Gasteiger partial charge in [-0.3, -0.25) is 4.79 Å². The number of nitrogens with zero attached hydrogens (tertiary/aromatic N) is 3. The molecule has 1 amide bonds. The topological polar surface area (TPSA) is 55.3 Å². The summed E-state index contributed by atoms with van der Waals surface area (Å²) in [6.07, 6.45) is 7.05. The van der Waals surface area contributed by atoms with Crippen molar-refractivity contribution >= 4 is 23.3 Å². The molecule has 0 saturated carbocycles.